The van der Waals surface area contributed by atoms with Gasteiger partial charge in [-0.1, -0.05) is 6.92 Å². The van der Waals surface area contributed by atoms with E-state index in [1.54, 1.807) is 0 Å². The maximum atomic E-state index is 11.4. The quantitative estimate of drug-likeness (QED) is 0.430. The second-order valence-corrected chi connectivity index (χ2v) is 5.53. The molecule has 0 saturated carbocycles. The molecule has 21 heavy (non-hydrogen) atoms. The van der Waals surface area contributed by atoms with Crippen LogP contribution in [0.15, 0.2) is 0 Å². The molecule has 0 saturated heterocycles. The lowest BCUT2D eigenvalue weighted by Gasteiger charge is -2.19. The van der Waals surface area contributed by atoms with Crippen LogP contribution >= 0.6 is 0 Å². The predicted octanol–water partition coefficient (Wildman–Crippen LogP) is 2.09. The van der Waals surface area contributed by atoms with Gasteiger partial charge in [0, 0.05) is 6.42 Å². The number of carbonyl (C=O) groups excluding carboxylic acids is 2. The number of esters is 2. The molecule has 0 aliphatic rings. The predicted molar refractivity (Wildman–Crippen MR) is 78.0 cm³/mol. The lowest BCUT2D eigenvalue weighted by molar-refractivity contribution is -0.156. The Morgan fingerprint density at radius 1 is 0.810 bits per heavy atom. The third-order valence-corrected chi connectivity index (χ3v) is 2.19. The van der Waals surface area contributed by atoms with E-state index in [2.05, 4.69) is 0 Å². The van der Waals surface area contributed by atoms with E-state index in [0.717, 1.165) is 6.42 Å². The van der Waals surface area contributed by atoms with Crippen molar-refractivity contribution in [2.24, 2.45) is 0 Å². The van der Waals surface area contributed by atoms with Crippen molar-refractivity contribution in [3.63, 3.8) is 0 Å². The summed E-state index contributed by atoms with van der Waals surface area (Å²) in [5, 5.41) is 0. The van der Waals surface area contributed by atoms with Crippen molar-refractivity contribution in [3.8, 4) is 0 Å². The molecule has 0 amide bonds. The van der Waals surface area contributed by atoms with Gasteiger partial charge in [0.15, 0.2) is 0 Å². The van der Waals surface area contributed by atoms with E-state index in [1.807, 2.05) is 27.7 Å². The van der Waals surface area contributed by atoms with Gasteiger partial charge in [-0.15, -0.1) is 0 Å². The summed E-state index contributed by atoms with van der Waals surface area (Å²) in [7, 11) is 0. The molecule has 0 spiro atoms. The maximum Gasteiger partial charge on any atom is 0.308 e. The van der Waals surface area contributed by atoms with Gasteiger partial charge in [0.05, 0.1) is 32.8 Å². The molecular formula is C15H28O6. The van der Waals surface area contributed by atoms with Crippen LogP contribution < -0.4 is 0 Å². The summed E-state index contributed by atoms with van der Waals surface area (Å²) in [6, 6.07) is 0. The van der Waals surface area contributed by atoms with Crippen LogP contribution in [0.2, 0.25) is 0 Å². The van der Waals surface area contributed by atoms with Crippen LogP contribution in [0.1, 0.15) is 47.0 Å². The monoisotopic (exact) mass is 304 g/mol. The SMILES string of the molecule is CCCC(=O)OCCOCCOCCC(=O)OC(C)(C)C. The topological polar surface area (TPSA) is 71.1 Å². The number of carbonyl (C=O) groups is 2. The highest BCUT2D eigenvalue weighted by molar-refractivity contribution is 5.70. The van der Waals surface area contributed by atoms with Gasteiger partial charge >= 0.3 is 11.9 Å². The molecule has 0 heterocycles. The molecule has 0 aromatic carbocycles. The van der Waals surface area contributed by atoms with E-state index < -0.39 is 5.60 Å². The van der Waals surface area contributed by atoms with E-state index in [4.69, 9.17) is 18.9 Å². The summed E-state index contributed by atoms with van der Waals surface area (Å²) < 4.78 is 20.5. The van der Waals surface area contributed by atoms with Gasteiger partial charge in [-0.05, 0) is 27.2 Å². The summed E-state index contributed by atoms with van der Waals surface area (Å²) in [5.41, 5.74) is -0.463. The van der Waals surface area contributed by atoms with Crippen LogP contribution in [0.4, 0.5) is 0 Å². The van der Waals surface area contributed by atoms with Crippen LogP contribution in [-0.4, -0.2) is 50.6 Å². The normalized spacial score (nSPS) is 11.2. The molecule has 0 atom stereocenters. The third kappa shape index (κ3) is 15.1. The van der Waals surface area contributed by atoms with Crippen molar-refractivity contribution < 1.29 is 28.5 Å². The van der Waals surface area contributed by atoms with Gasteiger partial charge in [0.25, 0.3) is 0 Å². The first-order valence-corrected chi connectivity index (χ1v) is 7.38. The molecule has 124 valence electrons. The molecule has 0 N–H and O–H groups in total. The fraction of sp³-hybridized carbons (Fsp3) is 0.867. The minimum Gasteiger partial charge on any atom is -0.463 e. The average molecular weight is 304 g/mol. The average Bonchev–Trinajstić information content (AvgIpc) is 2.35. The van der Waals surface area contributed by atoms with E-state index in [-0.39, 0.29) is 25.0 Å². The first kappa shape index (κ1) is 19.9. The Balaban J connectivity index is 3.30. The largest absolute Gasteiger partial charge is 0.463 e. The third-order valence-electron chi connectivity index (χ3n) is 2.19. The highest BCUT2D eigenvalue weighted by Gasteiger charge is 2.15. The molecule has 0 bridgehead atoms. The Morgan fingerprint density at radius 3 is 1.95 bits per heavy atom. The Kier molecular flexibility index (Phi) is 10.9. The maximum absolute atomic E-state index is 11.4. The number of ether oxygens (including phenoxy) is 4. The number of hydrogen-bond acceptors (Lipinski definition) is 6. The second kappa shape index (κ2) is 11.5. The Morgan fingerprint density at radius 2 is 1.38 bits per heavy atom. The van der Waals surface area contributed by atoms with Crippen LogP contribution in [0.3, 0.4) is 0 Å². The van der Waals surface area contributed by atoms with Crippen molar-refractivity contribution in [2.75, 3.05) is 33.0 Å². The van der Waals surface area contributed by atoms with Crippen molar-refractivity contribution in [1.29, 1.82) is 0 Å². The van der Waals surface area contributed by atoms with E-state index in [0.29, 0.717) is 32.8 Å². The van der Waals surface area contributed by atoms with E-state index in [9.17, 15) is 9.59 Å². The van der Waals surface area contributed by atoms with Gasteiger partial charge in [0.1, 0.15) is 12.2 Å². The van der Waals surface area contributed by atoms with Gasteiger partial charge in [-0.3, -0.25) is 9.59 Å². The lowest BCUT2D eigenvalue weighted by atomic mass is 10.2. The van der Waals surface area contributed by atoms with Gasteiger partial charge in [-0.25, -0.2) is 0 Å². The zero-order valence-corrected chi connectivity index (χ0v) is 13.6. The van der Waals surface area contributed by atoms with Gasteiger partial charge in [0.2, 0.25) is 0 Å². The van der Waals surface area contributed by atoms with Crippen LogP contribution in [0, 0.1) is 0 Å². The smallest absolute Gasteiger partial charge is 0.308 e. The number of rotatable bonds is 11. The highest BCUT2D eigenvalue weighted by atomic mass is 16.6. The van der Waals surface area contributed by atoms with Crippen molar-refractivity contribution >= 4 is 11.9 Å². The fourth-order valence-electron chi connectivity index (χ4n) is 1.36. The highest BCUT2D eigenvalue weighted by Crippen LogP contribution is 2.07. The summed E-state index contributed by atoms with van der Waals surface area (Å²) in [4.78, 5) is 22.4. The van der Waals surface area contributed by atoms with Crippen LogP contribution in [0.5, 0.6) is 0 Å². The van der Waals surface area contributed by atoms with Crippen molar-refractivity contribution in [1.82, 2.24) is 0 Å². The van der Waals surface area contributed by atoms with E-state index in [1.165, 1.54) is 0 Å². The Labute approximate surface area is 127 Å². The van der Waals surface area contributed by atoms with Crippen molar-refractivity contribution in [2.45, 2.75) is 52.6 Å². The first-order valence-electron chi connectivity index (χ1n) is 7.38. The zero-order chi connectivity index (χ0) is 16.1. The molecule has 0 aliphatic carbocycles. The summed E-state index contributed by atoms with van der Waals surface area (Å²) in [6.07, 6.45) is 1.45. The molecule has 0 radical (unpaired) electrons. The molecule has 0 fully saturated rings. The van der Waals surface area contributed by atoms with Gasteiger partial charge < -0.3 is 18.9 Å². The summed E-state index contributed by atoms with van der Waals surface area (Å²) in [5.74, 6) is -0.471. The lowest BCUT2D eigenvalue weighted by Crippen LogP contribution is -2.24. The molecule has 0 aromatic rings. The molecule has 6 nitrogen and oxygen atoms in total. The van der Waals surface area contributed by atoms with Crippen LogP contribution in [0.25, 0.3) is 0 Å². The standard InChI is InChI=1S/C15H28O6/c1-5-6-13(16)20-12-11-19-10-9-18-8-7-14(17)21-15(2,3)4/h5-12H2,1-4H3. The van der Waals surface area contributed by atoms with Gasteiger partial charge in [-0.2, -0.15) is 0 Å². The molecule has 6 heteroatoms. The van der Waals surface area contributed by atoms with E-state index >= 15 is 0 Å². The molecule has 0 rings (SSSR count). The summed E-state index contributed by atoms with van der Waals surface area (Å²) >= 11 is 0. The minimum atomic E-state index is -0.463. The molecular weight excluding hydrogens is 276 g/mol. The number of hydrogen-bond donors (Lipinski definition) is 0. The zero-order valence-electron chi connectivity index (χ0n) is 13.6. The molecule has 0 unspecified atom stereocenters. The summed E-state index contributed by atoms with van der Waals surface area (Å²) in [6.45, 7) is 9.12. The van der Waals surface area contributed by atoms with Crippen LogP contribution in [-0.2, 0) is 28.5 Å². The Hall–Kier alpha value is -1.14. The fourth-order valence-corrected chi connectivity index (χ4v) is 1.36. The molecule has 0 aromatic heterocycles. The molecule has 0 aliphatic heterocycles. The Bertz CT molecular complexity index is 295. The minimum absolute atomic E-state index is 0.199. The first-order chi connectivity index (χ1) is 9.85. The van der Waals surface area contributed by atoms with Crippen molar-refractivity contribution in [3.05, 3.63) is 0 Å². The second-order valence-electron chi connectivity index (χ2n) is 5.53.